The van der Waals surface area contributed by atoms with Gasteiger partial charge in [-0.1, -0.05) is 18.2 Å². The lowest BCUT2D eigenvalue weighted by Gasteiger charge is -2.14. The van der Waals surface area contributed by atoms with Crippen LogP contribution in [0, 0.1) is 0 Å². The molecular formula is C19H20N2O4. The normalized spacial score (nSPS) is 16.3. The predicted octanol–water partition coefficient (Wildman–Crippen LogP) is 3.07. The van der Waals surface area contributed by atoms with E-state index in [1.54, 1.807) is 55.6 Å². The third-order valence-electron chi connectivity index (χ3n) is 3.98. The first-order valence-corrected chi connectivity index (χ1v) is 8.14. The standard InChI is InChI=1S/C19H20N2O4/c1-24-14-7-4-6-13(12-14)20-18(22)15-8-2-3-9-16(15)21-19(23)17-10-5-11-25-17/h2-4,6-9,12,17H,5,10-11H2,1H3,(H,20,22)(H,21,23). The molecule has 2 aromatic rings. The van der Waals surface area contributed by atoms with E-state index >= 15 is 0 Å². The SMILES string of the molecule is COc1cccc(NC(=O)c2ccccc2NC(=O)C2CCCO2)c1. The molecule has 130 valence electrons. The van der Waals surface area contributed by atoms with Crippen molar-refractivity contribution < 1.29 is 19.1 Å². The number of hydrogen-bond acceptors (Lipinski definition) is 4. The van der Waals surface area contributed by atoms with Crippen molar-refractivity contribution in [2.75, 3.05) is 24.4 Å². The average Bonchev–Trinajstić information content (AvgIpc) is 3.17. The molecule has 25 heavy (non-hydrogen) atoms. The highest BCUT2D eigenvalue weighted by Gasteiger charge is 2.24. The minimum Gasteiger partial charge on any atom is -0.497 e. The highest BCUT2D eigenvalue weighted by atomic mass is 16.5. The van der Waals surface area contributed by atoms with Gasteiger partial charge >= 0.3 is 0 Å². The molecule has 6 nitrogen and oxygen atoms in total. The molecule has 1 unspecified atom stereocenters. The van der Waals surface area contributed by atoms with Gasteiger partial charge in [0.1, 0.15) is 11.9 Å². The summed E-state index contributed by atoms with van der Waals surface area (Å²) >= 11 is 0. The van der Waals surface area contributed by atoms with Gasteiger partial charge in [0.05, 0.1) is 18.4 Å². The summed E-state index contributed by atoms with van der Waals surface area (Å²) in [6.07, 6.45) is 1.12. The molecule has 3 rings (SSSR count). The number of benzene rings is 2. The summed E-state index contributed by atoms with van der Waals surface area (Å²) in [5.41, 5.74) is 1.46. The zero-order valence-corrected chi connectivity index (χ0v) is 14.0. The smallest absolute Gasteiger partial charge is 0.257 e. The first-order chi connectivity index (χ1) is 12.2. The zero-order valence-electron chi connectivity index (χ0n) is 14.0. The van der Waals surface area contributed by atoms with Crippen LogP contribution in [0.4, 0.5) is 11.4 Å². The first-order valence-electron chi connectivity index (χ1n) is 8.14. The lowest BCUT2D eigenvalue weighted by Crippen LogP contribution is -2.28. The molecule has 0 saturated carbocycles. The maximum Gasteiger partial charge on any atom is 0.257 e. The lowest BCUT2D eigenvalue weighted by molar-refractivity contribution is -0.124. The highest BCUT2D eigenvalue weighted by molar-refractivity contribution is 6.10. The van der Waals surface area contributed by atoms with E-state index in [4.69, 9.17) is 9.47 Å². The number of rotatable bonds is 5. The molecule has 6 heteroatoms. The minimum atomic E-state index is -0.450. The van der Waals surface area contributed by atoms with E-state index in [1.165, 1.54) is 0 Å². The molecule has 0 aliphatic carbocycles. The molecule has 2 aromatic carbocycles. The number of carbonyl (C=O) groups is 2. The van der Waals surface area contributed by atoms with E-state index in [0.717, 1.165) is 6.42 Å². The van der Waals surface area contributed by atoms with Gasteiger partial charge in [0.15, 0.2) is 0 Å². The van der Waals surface area contributed by atoms with Crippen molar-refractivity contribution in [2.45, 2.75) is 18.9 Å². The Kier molecular flexibility index (Phi) is 5.30. The van der Waals surface area contributed by atoms with E-state index in [-0.39, 0.29) is 11.8 Å². The Hall–Kier alpha value is -2.86. The largest absolute Gasteiger partial charge is 0.497 e. The van der Waals surface area contributed by atoms with Crippen molar-refractivity contribution in [3.05, 3.63) is 54.1 Å². The number of ether oxygens (including phenoxy) is 2. The van der Waals surface area contributed by atoms with Crippen LogP contribution in [-0.4, -0.2) is 31.6 Å². The first kappa shape index (κ1) is 17.0. The number of carbonyl (C=O) groups excluding carboxylic acids is 2. The van der Waals surface area contributed by atoms with E-state index in [1.807, 2.05) is 0 Å². The van der Waals surface area contributed by atoms with Gasteiger partial charge in [-0.3, -0.25) is 9.59 Å². The average molecular weight is 340 g/mol. The van der Waals surface area contributed by atoms with Crippen LogP contribution < -0.4 is 15.4 Å². The Morgan fingerprint density at radius 3 is 2.72 bits per heavy atom. The second-order valence-corrected chi connectivity index (χ2v) is 5.72. The summed E-state index contributed by atoms with van der Waals surface area (Å²) in [5, 5.41) is 5.61. The molecule has 2 amide bonds. The van der Waals surface area contributed by atoms with E-state index in [9.17, 15) is 9.59 Å². The van der Waals surface area contributed by atoms with Crippen LogP contribution in [-0.2, 0) is 9.53 Å². The van der Waals surface area contributed by atoms with Gasteiger partial charge in [-0.05, 0) is 37.1 Å². The third kappa shape index (κ3) is 4.16. The molecule has 1 aliphatic rings. The number of para-hydroxylation sites is 1. The van der Waals surface area contributed by atoms with E-state index in [2.05, 4.69) is 10.6 Å². The van der Waals surface area contributed by atoms with Crippen molar-refractivity contribution in [3.8, 4) is 5.75 Å². The van der Waals surface area contributed by atoms with E-state index < -0.39 is 6.10 Å². The Bertz CT molecular complexity index is 770. The number of anilines is 2. The van der Waals surface area contributed by atoms with Crippen LogP contribution in [0.25, 0.3) is 0 Å². The Balaban J connectivity index is 1.74. The van der Waals surface area contributed by atoms with Gasteiger partial charge < -0.3 is 20.1 Å². The van der Waals surface area contributed by atoms with E-state index in [0.29, 0.717) is 35.7 Å². The minimum absolute atomic E-state index is 0.223. The zero-order chi connectivity index (χ0) is 17.6. The van der Waals surface area contributed by atoms with Gasteiger partial charge in [-0.15, -0.1) is 0 Å². The van der Waals surface area contributed by atoms with Gasteiger partial charge in [-0.2, -0.15) is 0 Å². The molecule has 0 spiro atoms. The fourth-order valence-corrected chi connectivity index (χ4v) is 2.69. The molecule has 0 radical (unpaired) electrons. The Labute approximate surface area is 146 Å². The van der Waals surface area contributed by atoms with Crippen LogP contribution in [0.5, 0.6) is 5.75 Å². The Morgan fingerprint density at radius 2 is 1.96 bits per heavy atom. The molecule has 0 aromatic heterocycles. The van der Waals surface area contributed by atoms with Gasteiger partial charge in [-0.25, -0.2) is 0 Å². The molecule has 1 aliphatic heterocycles. The molecule has 0 bridgehead atoms. The Morgan fingerprint density at radius 1 is 1.12 bits per heavy atom. The van der Waals surface area contributed by atoms with Crippen LogP contribution in [0.15, 0.2) is 48.5 Å². The van der Waals surface area contributed by atoms with Gasteiger partial charge in [0.25, 0.3) is 11.8 Å². The summed E-state index contributed by atoms with van der Waals surface area (Å²) in [6, 6.07) is 14.0. The van der Waals surface area contributed by atoms with Crippen molar-refractivity contribution >= 4 is 23.2 Å². The van der Waals surface area contributed by atoms with Crippen molar-refractivity contribution in [1.29, 1.82) is 0 Å². The summed E-state index contributed by atoms with van der Waals surface area (Å²) in [6.45, 7) is 0.593. The fourth-order valence-electron chi connectivity index (χ4n) is 2.69. The fraction of sp³-hybridized carbons (Fsp3) is 0.263. The number of methoxy groups -OCH3 is 1. The number of nitrogens with one attached hydrogen (secondary N) is 2. The summed E-state index contributed by atoms with van der Waals surface area (Å²) in [4.78, 5) is 24.8. The lowest BCUT2D eigenvalue weighted by atomic mass is 10.1. The monoisotopic (exact) mass is 340 g/mol. The van der Waals surface area contributed by atoms with Crippen molar-refractivity contribution in [1.82, 2.24) is 0 Å². The molecule has 1 atom stereocenters. The topological polar surface area (TPSA) is 76.7 Å². The third-order valence-corrected chi connectivity index (χ3v) is 3.98. The quantitative estimate of drug-likeness (QED) is 0.877. The summed E-state index contributed by atoms with van der Waals surface area (Å²) < 4.78 is 10.5. The number of hydrogen-bond donors (Lipinski definition) is 2. The molecular weight excluding hydrogens is 320 g/mol. The maximum absolute atomic E-state index is 12.6. The molecule has 2 N–H and O–H groups in total. The van der Waals surface area contributed by atoms with Crippen molar-refractivity contribution in [2.24, 2.45) is 0 Å². The number of amides is 2. The van der Waals surface area contributed by atoms with Crippen LogP contribution in [0.1, 0.15) is 23.2 Å². The van der Waals surface area contributed by atoms with Gasteiger partial charge in [0, 0.05) is 18.4 Å². The van der Waals surface area contributed by atoms with Crippen molar-refractivity contribution in [3.63, 3.8) is 0 Å². The summed E-state index contributed by atoms with van der Waals surface area (Å²) in [7, 11) is 1.57. The van der Waals surface area contributed by atoms with Crippen LogP contribution in [0.2, 0.25) is 0 Å². The predicted molar refractivity (Wildman–Crippen MR) is 95.0 cm³/mol. The van der Waals surface area contributed by atoms with Crippen LogP contribution >= 0.6 is 0 Å². The second-order valence-electron chi connectivity index (χ2n) is 5.72. The molecule has 1 saturated heterocycles. The maximum atomic E-state index is 12.6. The van der Waals surface area contributed by atoms with Crippen LogP contribution in [0.3, 0.4) is 0 Å². The molecule has 1 fully saturated rings. The van der Waals surface area contributed by atoms with Gasteiger partial charge in [0.2, 0.25) is 0 Å². The second kappa shape index (κ2) is 7.81. The summed E-state index contributed by atoms with van der Waals surface area (Å²) in [5.74, 6) is 0.119. The molecule has 1 heterocycles. The highest BCUT2D eigenvalue weighted by Crippen LogP contribution is 2.21.